The van der Waals surface area contributed by atoms with Crippen molar-refractivity contribution in [3.8, 4) is 0 Å². The number of aliphatic hydroxyl groups excluding tert-OH is 1. The average molecular weight is 392 g/mol. The van der Waals surface area contributed by atoms with Crippen LogP contribution >= 0.6 is 0 Å². The number of allylic oxidation sites excluding steroid dienone is 2. The number of Topliss-reactive ketones (excluding diaryl/α,β-unsaturated/α-hetero) is 2. The second-order valence-electron chi connectivity index (χ2n) is 7.70. The Labute approximate surface area is 169 Å². The summed E-state index contributed by atoms with van der Waals surface area (Å²) in [5.74, 6) is 0.613. The number of benzene rings is 1. The number of ketones is 2. The van der Waals surface area contributed by atoms with E-state index in [1.807, 2.05) is 31.2 Å². The lowest BCUT2D eigenvalue weighted by Gasteiger charge is -2.18. The van der Waals surface area contributed by atoms with Crippen molar-refractivity contribution in [2.45, 2.75) is 58.3 Å². The van der Waals surface area contributed by atoms with Gasteiger partial charge in [0, 0.05) is 32.1 Å². The highest BCUT2D eigenvalue weighted by molar-refractivity contribution is 6.24. The molecule has 2 aliphatic carbocycles. The summed E-state index contributed by atoms with van der Waals surface area (Å²) in [7, 11) is 0. The summed E-state index contributed by atoms with van der Waals surface area (Å²) in [4.78, 5) is 29.4. The van der Waals surface area contributed by atoms with Crippen LogP contribution in [0.3, 0.4) is 0 Å². The molecule has 0 bridgehead atoms. The van der Waals surface area contributed by atoms with Gasteiger partial charge in [0.15, 0.2) is 11.6 Å². The molecule has 0 atom stereocenters. The Bertz CT molecular complexity index is 1010. The molecule has 6 nitrogen and oxygen atoms in total. The van der Waals surface area contributed by atoms with E-state index >= 15 is 0 Å². The number of aliphatic imine (C=N–C) groups is 1. The number of aryl methyl sites for hydroxylation is 3. The lowest BCUT2D eigenvalue weighted by molar-refractivity contribution is -0.115. The minimum Gasteiger partial charge on any atom is -0.511 e. The molecule has 1 aromatic carbocycles. The zero-order valence-electron chi connectivity index (χ0n) is 16.5. The van der Waals surface area contributed by atoms with Gasteiger partial charge in [0.1, 0.15) is 11.5 Å². The highest BCUT2D eigenvalue weighted by atomic mass is 16.5. The minimum atomic E-state index is -0.0853. The van der Waals surface area contributed by atoms with Crippen molar-refractivity contribution in [2.24, 2.45) is 4.99 Å². The topological polar surface area (TPSA) is 92.8 Å². The number of fused-ring (bicyclic) bond motifs is 1. The van der Waals surface area contributed by atoms with E-state index in [2.05, 4.69) is 10.1 Å². The van der Waals surface area contributed by atoms with E-state index in [0.29, 0.717) is 60.4 Å². The molecule has 0 spiro atoms. The van der Waals surface area contributed by atoms with Crippen LogP contribution in [-0.4, -0.2) is 27.5 Å². The Balaban J connectivity index is 1.59. The summed E-state index contributed by atoms with van der Waals surface area (Å²) < 4.78 is 5.31. The van der Waals surface area contributed by atoms with Crippen molar-refractivity contribution in [1.82, 2.24) is 5.16 Å². The van der Waals surface area contributed by atoms with Gasteiger partial charge >= 0.3 is 0 Å². The smallest absolute Gasteiger partial charge is 0.168 e. The normalized spacial score (nSPS) is 20.1. The molecular weight excluding hydrogens is 368 g/mol. The molecule has 4 rings (SSSR count). The van der Waals surface area contributed by atoms with Crippen LogP contribution in [0.1, 0.15) is 65.9 Å². The van der Waals surface area contributed by atoms with Gasteiger partial charge in [0.2, 0.25) is 0 Å². The molecule has 1 saturated carbocycles. The maximum absolute atomic E-state index is 12.5. The Morgan fingerprint density at radius 3 is 2.59 bits per heavy atom. The summed E-state index contributed by atoms with van der Waals surface area (Å²) in [6, 6.07) is 7.75. The number of hydrogen-bond acceptors (Lipinski definition) is 6. The molecule has 0 aliphatic heterocycles. The third kappa shape index (κ3) is 4.06. The average Bonchev–Trinajstić information content (AvgIpc) is 3.12. The minimum absolute atomic E-state index is 0.0144. The van der Waals surface area contributed by atoms with Gasteiger partial charge in [0.05, 0.1) is 28.2 Å². The molecule has 0 unspecified atom stereocenters. The Morgan fingerprint density at radius 1 is 1.07 bits per heavy atom. The van der Waals surface area contributed by atoms with Crippen LogP contribution in [0.15, 0.2) is 45.1 Å². The summed E-state index contributed by atoms with van der Waals surface area (Å²) in [5.41, 5.74) is 3.98. The van der Waals surface area contributed by atoms with Gasteiger partial charge in [0.25, 0.3) is 0 Å². The molecule has 0 saturated heterocycles. The standard InChI is InChI=1S/C23H24N2O4/c1-14-8-10-15(11-9-14)24-16-4-2-5-18(26)22(16)20(28)13-12-17-23-19(27)6-3-7-21(23)29-25-17/h8-11,28H,2-7,12-13H2,1H3. The van der Waals surface area contributed by atoms with E-state index < -0.39 is 0 Å². The quantitative estimate of drug-likeness (QED) is 0.597. The molecule has 6 heteroatoms. The van der Waals surface area contributed by atoms with Crippen LogP contribution < -0.4 is 0 Å². The van der Waals surface area contributed by atoms with Gasteiger partial charge in [-0.25, -0.2) is 0 Å². The summed E-state index contributed by atoms with van der Waals surface area (Å²) in [6.07, 6.45) is 4.36. The third-order valence-electron chi connectivity index (χ3n) is 5.49. The van der Waals surface area contributed by atoms with Gasteiger partial charge in [-0.05, 0) is 38.3 Å². The van der Waals surface area contributed by atoms with E-state index in [1.54, 1.807) is 0 Å². The lowest BCUT2D eigenvalue weighted by atomic mass is 9.88. The Kier molecular flexibility index (Phi) is 5.43. The van der Waals surface area contributed by atoms with Crippen molar-refractivity contribution in [3.05, 3.63) is 58.2 Å². The van der Waals surface area contributed by atoms with E-state index in [-0.39, 0.29) is 23.7 Å². The predicted octanol–water partition coefficient (Wildman–Crippen LogP) is 4.77. The monoisotopic (exact) mass is 392 g/mol. The number of aliphatic hydroxyl groups is 1. The summed E-state index contributed by atoms with van der Waals surface area (Å²) in [5, 5.41) is 14.8. The Morgan fingerprint density at radius 2 is 1.79 bits per heavy atom. The lowest BCUT2D eigenvalue weighted by Crippen LogP contribution is -2.21. The zero-order valence-corrected chi connectivity index (χ0v) is 16.5. The maximum Gasteiger partial charge on any atom is 0.168 e. The van der Waals surface area contributed by atoms with Crippen molar-refractivity contribution >= 4 is 23.0 Å². The molecule has 1 fully saturated rings. The Hall–Kier alpha value is -3.02. The predicted molar refractivity (Wildman–Crippen MR) is 109 cm³/mol. The molecule has 0 radical (unpaired) electrons. The van der Waals surface area contributed by atoms with Gasteiger partial charge < -0.3 is 9.63 Å². The van der Waals surface area contributed by atoms with Crippen molar-refractivity contribution < 1.29 is 19.2 Å². The first-order valence-corrected chi connectivity index (χ1v) is 10.1. The van der Waals surface area contributed by atoms with Crippen LogP contribution in [0.4, 0.5) is 5.69 Å². The van der Waals surface area contributed by atoms with Crippen LogP contribution in [0.25, 0.3) is 0 Å². The number of hydrogen-bond donors (Lipinski definition) is 1. The largest absolute Gasteiger partial charge is 0.511 e. The molecule has 1 heterocycles. The van der Waals surface area contributed by atoms with Crippen molar-refractivity contribution in [2.75, 3.05) is 0 Å². The van der Waals surface area contributed by atoms with Crippen LogP contribution in [0, 0.1) is 6.92 Å². The van der Waals surface area contributed by atoms with Gasteiger partial charge in [-0.3, -0.25) is 14.6 Å². The molecule has 1 N–H and O–H groups in total. The zero-order chi connectivity index (χ0) is 20.4. The second kappa shape index (κ2) is 8.15. The SMILES string of the molecule is Cc1ccc(N=C2CCCC(=O)C2=C(O)CCc2noc3c2C(=O)CCC3)cc1. The van der Waals surface area contributed by atoms with Crippen LogP contribution in [-0.2, 0) is 17.6 Å². The van der Waals surface area contributed by atoms with E-state index in [9.17, 15) is 14.7 Å². The first-order chi connectivity index (χ1) is 14.0. The van der Waals surface area contributed by atoms with Gasteiger partial charge in [-0.15, -0.1) is 0 Å². The second-order valence-corrected chi connectivity index (χ2v) is 7.70. The fraction of sp³-hybridized carbons (Fsp3) is 0.391. The highest BCUT2D eigenvalue weighted by Gasteiger charge is 2.28. The van der Waals surface area contributed by atoms with E-state index in [1.165, 1.54) is 0 Å². The number of carbonyl (C=O) groups is 2. The van der Waals surface area contributed by atoms with E-state index in [4.69, 9.17) is 4.52 Å². The molecule has 150 valence electrons. The van der Waals surface area contributed by atoms with Gasteiger partial charge in [-0.2, -0.15) is 0 Å². The fourth-order valence-electron chi connectivity index (χ4n) is 3.96. The molecule has 2 aliphatic rings. The molecule has 0 amide bonds. The molecule has 29 heavy (non-hydrogen) atoms. The number of carbonyl (C=O) groups excluding carboxylic acids is 2. The van der Waals surface area contributed by atoms with Gasteiger partial charge in [-0.1, -0.05) is 22.9 Å². The fourth-order valence-corrected chi connectivity index (χ4v) is 3.96. The molecular formula is C23H24N2O4. The number of rotatable bonds is 4. The number of nitrogens with zero attached hydrogens (tertiary/aromatic N) is 2. The molecule has 1 aromatic heterocycles. The number of aromatic nitrogens is 1. The first kappa shape index (κ1) is 19.3. The summed E-state index contributed by atoms with van der Waals surface area (Å²) >= 11 is 0. The van der Waals surface area contributed by atoms with Crippen molar-refractivity contribution in [1.29, 1.82) is 0 Å². The maximum atomic E-state index is 12.5. The van der Waals surface area contributed by atoms with Crippen LogP contribution in [0.5, 0.6) is 0 Å². The molecule has 2 aromatic rings. The van der Waals surface area contributed by atoms with E-state index in [0.717, 1.165) is 24.1 Å². The van der Waals surface area contributed by atoms with Crippen LogP contribution in [0.2, 0.25) is 0 Å². The summed E-state index contributed by atoms with van der Waals surface area (Å²) in [6.45, 7) is 2.01. The highest BCUT2D eigenvalue weighted by Crippen LogP contribution is 2.28. The van der Waals surface area contributed by atoms with Crippen molar-refractivity contribution in [3.63, 3.8) is 0 Å². The first-order valence-electron chi connectivity index (χ1n) is 10.1. The third-order valence-corrected chi connectivity index (χ3v) is 5.49.